The van der Waals surface area contributed by atoms with Crippen LogP contribution in [-0.2, 0) is 0 Å². The first-order valence-electron chi connectivity index (χ1n) is 6.98. The number of nitrogens with one attached hydrogen (secondary N) is 1. The standard InChI is InChI=1S/C17H19F2NO/c1-3-9-20-17(12-5-4-6-14(18)10-12)13-7-8-16(21-2)15(19)11-13/h4-8,10-11,17,20H,3,9H2,1-2H3. The molecule has 2 nitrogen and oxygen atoms in total. The van der Waals surface area contributed by atoms with Crippen LogP contribution < -0.4 is 10.1 Å². The minimum atomic E-state index is -0.422. The van der Waals surface area contributed by atoms with E-state index < -0.39 is 5.82 Å². The third-order valence-corrected chi connectivity index (χ3v) is 3.29. The molecule has 1 unspecified atom stereocenters. The van der Waals surface area contributed by atoms with E-state index in [4.69, 9.17) is 4.74 Å². The van der Waals surface area contributed by atoms with Gasteiger partial charge in [-0.05, 0) is 48.4 Å². The molecule has 0 heterocycles. The number of hydrogen-bond donors (Lipinski definition) is 1. The van der Waals surface area contributed by atoms with Crippen LogP contribution in [-0.4, -0.2) is 13.7 Å². The summed E-state index contributed by atoms with van der Waals surface area (Å²) in [6.45, 7) is 2.80. The molecule has 2 rings (SSSR count). The Labute approximate surface area is 123 Å². The summed E-state index contributed by atoms with van der Waals surface area (Å²) in [5, 5.41) is 3.32. The van der Waals surface area contributed by atoms with Crippen LogP contribution in [0.15, 0.2) is 42.5 Å². The van der Waals surface area contributed by atoms with Crippen molar-refractivity contribution in [3.8, 4) is 5.75 Å². The number of rotatable bonds is 6. The van der Waals surface area contributed by atoms with Crippen LogP contribution in [0.25, 0.3) is 0 Å². The van der Waals surface area contributed by atoms with Gasteiger partial charge in [-0.3, -0.25) is 0 Å². The van der Waals surface area contributed by atoms with E-state index in [-0.39, 0.29) is 17.6 Å². The van der Waals surface area contributed by atoms with Crippen LogP contribution in [0.4, 0.5) is 8.78 Å². The fourth-order valence-corrected chi connectivity index (χ4v) is 2.27. The average molecular weight is 291 g/mol. The van der Waals surface area contributed by atoms with Crippen molar-refractivity contribution in [1.29, 1.82) is 0 Å². The highest BCUT2D eigenvalue weighted by molar-refractivity contribution is 5.36. The van der Waals surface area contributed by atoms with Crippen molar-refractivity contribution >= 4 is 0 Å². The molecule has 1 atom stereocenters. The fraction of sp³-hybridized carbons (Fsp3) is 0.294. The van der Waals surface area contributed by atoms with E-state index in [0.29, 0.717) is 0 Å². The van der Waals surface area contributed by atoms with Crippen LogP contribution in [0.3, 0.4) is 0 Å². The molecular formula is C17H19F2NO. The highest BCUT2D eigenvalue weighted by Crippen LogP contribution is 2.26. The summed E-state index contributed by atoms with van der Waals surface area (Å²) in [5.74, 6) is -0.522. The van der Waals surface area contributed by atoms with Gasteiger partial charge in [0.15, 0.2) is 11.6 Å². The maximum atomic E-state index is 13.9. The van der Waals surface area contributed by atoms with Gasteiger partial charge in [-0.25, -0.2) is 8.78 Å². The minimum absolute atomic E-state index is 0.201. The molecule has 0 spiro atoms. The van der Waals surface area contributed by atoms with E-state index >= 15 is 0 Å². The molecule has 21 heavy (non-hydrogen) atoms. The van der Waals surface area contributed by atoms with Gasteiger partial charge >= 0.3 is 0 Å². The van der Waals surface area contributed by atoms with Crippen molar-refractivity contribution in [1.82, 2.24) is 5.32 Å². The first-order valence-corrected chi connectivity index (χ1v) is 6.98. The Balaban J connectivity index is 2.37. The van der Waals surface area contributed by atoms with E-state index in [2.05, 4.69) is 5.32 Å². The fourth-order valence-electron chi connectivity index (χ4n) is 2.27. The van der Waals surface area contributed by atoms with Crippen molar-refractivity contribution in [2.45, 2.75) is 19.4 Å². The van der Waals surface area contributed by atoms with Crippen LogP contribution in [0, 0.1) is 11.6 Å². The summed E-state index contributed by atoms with van der Waals surface area (Å²) in [5.41, 5.74) is 1.51. The lowest BCUT2D eigenvalue weighted by atomic mass is 9.98. The number of halogens is 2. The smallest absolute Gasteiger partial charge is 0.165 e. The molecular weight excluding hydrogens is 272 g/mol. The van der Waals surface area contributed by atoms with Crippen LogP contribution in [0.5, 0.6) is 5.75 Å². The third kappa shape index (κ3) is 3.79. The topological polar surface area (TPSA) is 21.3 Å². The van der Waals surface area contributed by atoms with Crippen LogP contribution >= 0.6 is 0 Å². The maximum Gasteiger partial charge on any atom is 0.165 e. The van der Waals surface area contributed by atoms with Gasteiger partial charge in [-0.15, -0.1) is 0 Å². The molecule has 4 heteroatoms. The number of methoxy groups -OCH3 is 1. The monoisotopic (exact) mass is 291 g/mol. The zero-order valence-electron chi connectivity index (χ0n) is 12.2. The summed E-state index contributed by atoms with van der Waals surface area (Å²) in [7, 11) is 1.43. The predicted octanol–water partition coefficient (Wildman–Crippen LogP) is 4.06. The first kappa shape index (κ1) is 15.4. The number of ether oxygens (including phenoxy) is 1. The van der Waals surface area contributed by atoms with Gasteiger partial charge in [0, 0.05) is 0 Å². The van der Waals surface area contributed by atoms with Gasteiger partial charge in [-0.1, -0.05) is 25.1 Å². The molecule has 0 saturated carbocycles. The Morgan fingerprint density at radius 1 is 1.10 bits per heavy atom. The molecule has 2 aromatic rings. The molecule has 0 fully saturated rings. The van der Waals surface area contributed by atoms with Gasteiger partial charge in [0.05, 0.1) is 13.2 Å². The quantitative estimate of drug-likeness (QED) is 0.866. The molecule has 0 aliphatic carbocycles. The highest BCUT2D eigenvalue weighted by atomic mass is 19.1. The highest BCUT2D eigenvalue weighted by Gasteiger charge is 2.16. The Morgan fingerprint density at radius 2 is 1.86 bits per heavy atom. The van der Waals surface area contributed by atoms with Crippen LogP contribution in [0.1, 0.15) is 30.5 Å². The molecule has 0 radical (unpaired) electrons. The largest absolute Gasteiger partial charge is 0.494 e. The van der Waals surface area contributed by atoms with Crippen LogP contribution in [0.2, 0.25) is 0 Å². The molecule has 0 amide bonds. The second-order valence-corrected chi connectivity index (χ2v) is 4.84. The molecule has 0 aliphatic rings. The molecule has 112 valence electrons. The lowest BCUT2D eigenvalue weighted by Crippen LogP contribution is -2.23. The minimum Gasteiger partial charge on any atom is -0.494 e. The molecule has 1 N–H and O–H groups in total. The van der Waals surface area contributed by atoms with Gasteiger partial charge in [-0.2, -0.15) is 0 Å². The van der Waals surface area contributed by atoms with E-state index in [1.807, 2.05) is 13.0 Å². The zero-order chi connectivity index (χ0) is 15.2. The van der Waals surface area contributed by atoms with Crippen molar-refractivity contribution in [3.05, 3.63) is 65.2 Å². The van der Waals surface area contributed by atoms with Gasteiger partial charge in [0.2, 0.25) is 0 Å². The van der Waals surface area contributed by atoms with E-state index in [0.717, 1.165) is 24.1 Å². The first-order chi connectivity index (χ1) is 10.2. The van der Waals surface area contributed by atoms with Crippen molar-refractivity contribution in [3.63, 3.8) is 0 Å². The summed E-state index contributed by atoms with van der Waals surface area (Å²) < 4.78 is 32.3. The van der Waals surface area contributed by atoms with E-state index in [1.54, 1.807) is 18.2 Å². The Bertz CT molecular complexity index is 601. The summed E-state index contributed by atoms with van der Waals surface area (Å²) in [4.78, 5) is 0. The van der Waals surface area contributed by atoms with Gasteiger partial charge < -0.3 is 10.1 Å². The number of hydrogen-bond acceptors (Lipinski definition) is 2. The molecule has 0 aliphatic heterocycles. The molecule has 2 aromatic carbocycles. The van der Waals surface area contributed by atoms with Gasteiger partial charge in [0.1, 0.15) is 5.82 Å². The molecule has 0 saturated heterocycles. The van der Waals surface area contributed by atoms with Crippen molar-refractivity contribution in [2.24, 2.45) is 0 Å². The second kappa shape index (κ2) is 7.18. The maximum absolute atomic E-state index is 13.9. The van der Waals surface area contributed by atoms with E-state index in [1.165, 1.54) is 25.3 Å². The third-order valence-electron chi connectivity index (χ3n) is 3.29. The lowest BCUT2D eigenvalue weighted by molar-refractivity contribution is 0.385. The molecule has 0 aromatic heterocycles. The number of benzene rings is 2. The second-order valence-electron chi connectivity index (χ2n) is 4.84. The van der Waals surface area contributed by atoms with Crippen molar-refractivity contribution < 1.29 is 13.5 Å². The lowest BCUT2D eigenvalue weighted by Gasteiger charge is -2.20. The van der Waals surface area contributed by atoms with Gasteiger partial charge in [0.25, 0.3) is 0 Å². The summed E-state index contributed by atoms with van der Waals surface area (Å²) in [6, 6.07) is 10.9. The van der Waals surface area contributed by atoms with Crippen molar-refractivity contribution in [2.75, 3.05) is 13.7 Å². The normalized spacial score (nSPS) is 12.2. The zero-order valence-corrected chi connectivity index (χ0v) is 12.2. The summed E-state index contributed by atoms with van der Waals surface area (Å²) in [6.07, 6.45) is 0.935. The molecule has 0 bridgehead atoms. The Kier molecular flexibility index (Phi) is 5.28. The average Bonchev–Trinajstić information content (AvgIpc) is 2.48. The SMILES string of the molecule is CCCNC(c1cccc(F)c1)c1ccc(OC)c(F)c1. The van der Waals surface area contributed by atoms with E-state index in [9.17, 15) is 8.78 Å². The summed E-state index contributed by atoms with van der Waals surface area (Å²) >= 11 is 0. The Morgan fingerprint density at radius 3 is 2.48 bits per heavy atom. The predicted molar refractivity (Wildman–Crippen MR) is 79.5 cm³/mol. The Hall–Kier alpha value is -1.94.